The zero-order valence-corrected chi connectivity index (χ0v) is 13.0. The van der Waals surface area contributed by atoms with Gasteiger partial charge in [-0.25, -0.2) is 0 Å². The molecule has 0 aliphatic carbocycles. The summed E-state index contributed by atoms with van der Waals surface area (Å²) in [6.07, 6.45) is 0. The van der Waals surface area contributed by atoms with Crippen molar-refractivity contribution in [2.45, 2.75) is 13.0 Å². The van der Waals surface area contributed by atoms with Crippen LogP contribution < -0.4 is 10.1 Å². The van der Waals surface area contributed by atoms with Crippen LogP contribution in [0.4, 0.5) is 5.69 Å². The third kappa shape index (κ3) is 3.28. The average Bonchev–Trinajstić information content (AvgIpc) is 2.86. The van der Waals surface area contributed by atoms with Gasteiger partial charge in [0.05, 0.1) is 30.5 Å². The molecule has 1 unspecified atom stereocenters. The molecule has 0 radical (unpaired) electrons. The van der Waals surface area contributed by atoms with E-state index in [1.807, 2.05) is 6.07 Å². The van der Waals surface area contributed by atoms with Crippen LogP contribution in [0.15, 0.2) is 34.1 Å². The molecule has 2 rings (SSSR count). The first-order chi connectivity index (χ1) is 9.13. The van der Waals surface area contributed by atoms with Crippen LogP contribution in [-0.4, -0.2) is 7.11 Å². The molecule has 3 nitrogen and oxygen atoms in total. The monoisotopic (exact) mass is 336 g/mol. The van der Waals surface area contributed by atoms with Gasteiger partial charge in [-0.15, -0.1) is 11.3 Å². The Morgan fingerprint density at radius 1 is 1.42 bits per heavy atom. The molecule has 19 heavy (non-hydrogen) atoms. The molecule has 0 saturated carbocycles. The Labute approximate surface area is 125 Å². The molecule has 0 aliphatic heterocycles. The van der Waals surface area contributed by atoms with Crippen molar-refractivity contribution in [3.63, 3.8) is 0 Å². The zero-order valence-electron chi connectivity index (χ0n) is 10.6. The van der Waals surface area contributed by atoms with Gasteiger partial charge in [0, 0.05) is 20.8 Å². The van der Waals surface area contributed by atoms with E-state index < -0.39 is 0 Å². The topological polar surface area (TPSA) is 45.0 Å². The fraction of sp³-hybridized carbons (Fsp3) is 0.214. The van der Waals surface area contributed by atoms with E-state index >= 15 is 0 Å². The first kappa shape index (κ1) is 13.9. The Balaban J connectivity index is 2.21. The summed E-state index contributed by atoms with van der Waals surface area (Å²) in [5, 5.41) is 14.3. The molecule has 1 aromatic heterocycles. The number of hydrogen-bond donors (Lipinski definition) is 1. The second kappa shape index (κ2) is 6.09. The number of ether oxygens (including phenoxy) is 1. The van der Waals surface area contributed by atoms with E-state index in [0.29, 0.717) is 11.3 Å². The van der Waals surface area contributed by atoms with E-state index in [1.54, 1.807) is 30.6 Å². The Kier molecular flexibility index (Phi) is 4.46. The van der Waals surface area contributed by atoms with Gasteiger partial charge < -0.3 is 10.1 Å². The van der Waals surface area contributed by atoms with Gasteiger partial charge in [-0.3, -0.25) is 0 Å². The number of nitrogens with zero attached hydrogens (tertiary/aromatic N) is 1. The van der Waals surface area contributed by atoms with Crippen LogP contribution >= 0.6 is 27.3 Å². The third-order valence-corrected chi connectivity index (χ3v) is 4.59. The molecule has 0 fully saturated rings. The Morgan fingerprint density at radius 3 is 2.79 bits per heavy atom. The van der Waals surface area contributed by atoms with Crippen LogP contribution in [0, 0.1) is 11.3 Å². The van der Waals surface area contributed by atoms with Gasteiger partial charge in [-0.05, 0) is 41.1 Å². The van der Waals surface area contributed by atoms with E-state index in [4.69, 9.17) is 10.00 Å². The Bertz CT molecular complexity index is 618. The number of thiophene rings is 1. The highest BCUT2D eigenvalue weighted by molar-refractivity contribution is 9.10. The summed E-state index contributed by atoms with van der Waals surface area (Å²) >= 11 is 5.15. The lowest BCUT2D eigenvalue weighted by Crippen LogP contribution is -2.06. The van der Waals surface area contributed by atoms with Crippen molar-refractivity contribution in [2.24, 2.45) is 0 Å². The summed E-state index contributed by atoms with van der Waals surface area (Å²) in [6, 6.07) is 9.77. The van der Waals surface area contributed by atoms with Crippen LogP contribution in [0.5, 0.6) is 5.75 Å². The first-order valence-corrected chi connectivity index (χ1v) is 7.40. The van der Waals surface area contributed by atoms with E-state index in [2.05, 4.69) is 45.7 Å². The summed E-state index contributed by atoms with van der Waals surface area (Å²) in [7, 11) is 1.61. The van der Waals surface area contributed by atoms with Gasteiger partial charge in [0.15, 0.2) is 0 Å². The minimum Gasteiger partial charge on any atom is -0.495 e. The van der Waals surface area contributed by atoms with Gasteiger partial charge in [-0.2, -0.15) is 5.26 Å². The molecule has 1 atom stereocenters. The number of nitrogens with one attached hydrogen (secondary N) is 1. The molecule has 98 valence electrons. The minimum absolute atomic E-state index is 0.179. The van der Waals surface area contributed by atoms with Gasteiger partial charge in [0.2, 0.25) is 0 Å². The number of anilines is 1. The number of methoxy groups -OCH3 is 1. The molecule has 0 saturated heterocycles. The minimum atomic E-state index is 0.179. The average molecular weight is 337 g/mol. The summed E-state index contributed by atoms with van der Waals surface area (Å²) in [4.78, 5) is 1.23. The normalized spacial score (nSPS) is 11.7. The van der Waals surface area contributed by atoms with Gasteiger partial charge in [0.25, 0.3) is 0 Å². The predicted octanol–water partition coefficient (Wildman–Crippen LogP) is 4.56. The molecule has 0 spiro atoms. The van der Waals surface area contributed by atoms with Crippen LogP contribution in [0.1, 0.15) is 23.4 Å². The van der Waals surface area contributed by atoms with E-state index in [9.17, 15) is 0 Å². The number of benzene rings is 1. The van der Waals surface area contributed by atoms with Crippen LogP contribution in [0.25, 0.3) is 0 Å². The van der Waals surface area contributed by atoms with E-state index in [-0.39, 0.29) is 6.04 Å². The smallest absolute Gasteiger partial charge is 0.143 e. The maximum atomic E-state index is 8.88. The summed E-state index contributed by atoms with van der Waals surface area (Å²) in [5.41, 5.74) is 1.48. The van der Waals surface area contributed by atoms with Crippen molar-refractivity contribution in [3.8, 4) is 11.8 Å². The van der Waals surface area contributed by atoms with Gasteiger partial charge >= 0.3 is 0 Å². The highest BCUT2D eigenvalue weighted by Gasteiger charge is 2.11. The fourth-order valence-electron chi connectivity index (χ4n) is 1.74. The highest BCUT2D eigenvalue weighted by Crippen LogP contribution is 2.32. The number of halogens is 1. The molecule has 0 amide bonds. The standard InChI is InChI=1S/C14H13BrN2OS/c1-9(14-6-11(15)8-19-14)17-12-4-3-10(7-16)5-13(12)18-2/h3-6,8-9,17H,1-2H3. The van der Waals surface area contributed by atoms with Crippen molar-refractivity contribution in [1.29, 1.82) is 5.26 Å². The number of hydrogen-bond acceptors (Lipinski definition) is 4. The largest absolute Gasteiger partial charge is 0.495 e. The second-order valence-corrected chi connectivity index (χ2v) is 5.92. The Morgan fingerprint density at radius 2 is 2.21 bits per heavy atom. The SMILES string of the molecule is COc1cc(C#N)ccc1NC(C)c1cc(Br)cs1. The molecule has 1 N–H and O–H groups in total. The van der Waals surface area contributed by atoms with Crippen LogP contribution in [-0.2, 0) is 0 Å². The zero-order chi connectivity index (χ0) is 13.8. The molecule has 1 aromatic carbocycles. The molecule has 1 heterocycles. The van der Waals surface area contributed by atoms with Crippen molar-refractivity contribution in [1.82, 2.24) is 0 Å². The van der Waals surface area contributed by atoms with Crippen LogP contribution in [0.3, 0.4) is 0 Å². The summed E-state index contributed by atoms with van der Waals surface area (Å²) in [5.74, 6) is 0.682. The van der Waals surface area contributed by atoms with Crippen molar-refractivity contribution < 1.29 is 4.74 Å². The van der Waals surface area contributed by atoms with Gasteiger partial charge in [0.1, 0.15) is 5.75 Å². The van der Waals surface area contributed by atoms with E-state index in [1.165, 1.54) is 4.88 Å². The number of nitriles is 1. The number of rotatable bonds is 4. The lowest BCUT2D eigenvalue weighted by atomic mass is 10.2. The summed E-state index contributed by atoms with van der Waals surface area (Å²) < 4.78 is 6.40. The lowest BCUT2D eigenvalue weighted by Gasteiger charge is -2.16. The van der Waals surface area contributed by atoms with Gasteiger partial charge in [-0.1, -0.05) is 0 Å². The molecular formula is C14H13BrN2OS. The van der Waals surface area contributed by atoms with E-state index in [0.717, 1.165) is 10.2 Å². The third-order valence-electron chi connectivity index (χ3n) is 2.72. The highest BCUT2D eigenvalue weighted by atomic mass is 79.9. The quantitative estimate of drug-likeness (QED) is 0.889. The molecule has 5 heteroatoms. The van der Waals surface area contributed by atoms with Crippen molar-refractivity contribution >= 4 is 33.0 Å². The molecular weight excluding hydrogens is 324 g/mol. The molecule has 0 bridgehead atoms. The second-order valence-electron chi connectivity index (χ2n) is 4.06. The molecule has 0 aliphatic rings. The van der Waals surface area contributed by atoms with Crippen molar-refractivity contribution in [3.05, 3.63) is 44.6 Å². The predicted molar refractivity (Wildman–Crippen MR) is 81.8 cm³/mol. The first-order valence-electron chi connectivity index (χ1n) is 5.72. The van der Waals surface area contributed by atoms with Crippen LogP contribution in [0.2, 0.25) is 0 Å². The Hall–Kier alpha value is -1.51. The lowest BCUT2D eigenvalue weighted by molar-refractivity contribution is 0.416. The molecule has 2 aromatic rings. The van der Waals surface area contributed by atoms with Crippen molar-refractivity contribution in [2.75, 3.05) is 12.4 Å². The maximum absolute atomic E-state index is 8.88. The maximum Gasteiger partial charge on any atom is 0.143 e. The summed E-state index contributed by atoms with van der Waals surface area (Å²) in [6.45, 7) is 2.09. The fourth-order valence-corrected chi connectivity index (χ4v) is 3.19.